The van der Waals surface area contributed by atoms with Crippen LogP contribution in [0.1, 0.15) is 22.8 Å². The number of nitrogens with one attached hydrogen (secondary N) is 1. The summed E-state index contributed by atoms with van der Waals surface area (Å²) in [6.07, 6.45) is -0.548. The Balaban J connectivity index is 1.32. The summed E-state index contributed by atoms with van der Waals surface area (Å²) in [4.78, 5) is 0. The van der Waals surface area contributed by atoms with Crippen LogP contribution in [-0.4, -0.2) is 42.9 Å². The molecule has 4 rings (SSSR count). The molecule has 0 radical (unpaired) electrons. The molecule has 0 aliphatic carbocycles. The van der Waals surface area contributed by atoms with E-state index in [9.17, 15) is 37.2 Å². The van der Waals surface area contributed by atoms with Gasteiger partial charge in [0.05, 0.1) is 11.5 Å². The molecule has 39 heavy (non-hydrogen) atoms. The summed E-state index contributed by atoms with van der Waals surface area (Å²) in [5.74, 6) is -3.32. The number of ether oxygens (including phenoxy) is 1. The molecule has 0 amide bonds. The van der Waals surface area contributed by atoms with E-state index in [0.717, 1.165) is 17.7 Å². The van der Waals surface area contributed by atoms with Gasteiger partial charge in [0.25, 0.3) is 5.52 Å². The van der Waals surface area contributed by atoms with Gasteiger partial charge in [-0.25, -0.2) is 0 Å². The molecule has 0 aliphatic rings. The van der Waals surface area contributed by atoms with Gasteiger partial charge in [0, 0.05) is 18.2 Å². The molecular weight excluding hydrogens is 534 g/mol. The lowest BCUT2D eigenvalue weighted by Gasteiger charge is -2.17. The van der Waals surface area contributed by atoms with Crippen LogP contribution >= 0.6 is 0 Å². The number of pyridine rings is 1. The van der Waals surface area contributed by atoms with Crippen molar-refractivity contribution < 1.29 is 41.4 Å². The molecule has 1 atom stereocenters. The van der Waals surface area contributed by atoms with E-state index in [4.69, 9.17) is 4.74 Å². The molecule has 206 valence electrons. The Morgan fingerprint density at radius 3 is 2.36 bits per heavy atom. The predicted molar refractivity (Wildman–Crippen MR) is 138 cm³/mol. The molecule has 0 saturated carbocycles. The van der Waals surface area contributed by atoms with Crippen molar-refractivity contribution in [1.82, 2.24) is 5.32 Å². The lowest BCUT2D eigenvalue weighted by Crippen LogP contribution is -2.35. The number of phenols is 1. The van der Waals surface area contributed by atoms with Crippen molar-refractivity contribution in [3.05, 3.63) is 101 Å². The number of halogens is 2. The van der Waals surface area contributed by atoms with Crippen LogP contribution in [-0.2, 0) is 22.5 Å². The first kappa shape index (κ1) is 28.2. The van der Waals surface area contributed by atoms with Crippen molar-refractivity contribution in [2.75, 3.05) is 19.7 Å². The van der Waals surface area contributed by atoms with E-state index in [-0.39, 0.29) is 27.8 Å². The number of fused-ring (bicyclic) bond motifs is 1. The molecule has 0 unspecified atom stereocenters. The second-order valence-corrected chi connectivity index (χ2v) is 10.2. The Morgan fingerprint density at radius 2 is 1.69 bits per heavy atom. The number of aromatic nitrogens is 1. The van der Waals surface area contributed by atoms with Gasteiger partial charge in [-0.05, 0) is 48.4 Å². The Kier molecular flexibility index (Phi) is 8.31. The van der Waals surface area contributed by atoms with Crippen LogP contribution < -0.4 is 14.8 Å². The summed E-state index contributed by atoms with van der Waals surface area (Å²) < 4.78 is 65.8. The zero-order valence-corrected chi connectivity index (χ0v) is 21.3. The first-order valence-electron chi connectivity index (χ1n) is 11.9. The average molecular weight is 561 g/mol. The minimum atomic E-state index is -4.82. The van der Waals surface area contributed by atoms with Crippen LogP contribution in [0.2, 0.25) is 0 Å². The number of rotatable bonds is 11. The van der Waals surface area contributed by atoms with E-state index in [2.05, 4.69) is 5.32 Å². The van der Waals surface area contributed by atoms with Crippen molar-refractivity contribution in [3.63, 3.8) is 0 Å². The number of alkyl halides is 2. The highest BCUT2D eigenvalue weighted by Crippen LogP contribution is 2.30. The quantitative estimate of drug-likeness (QED) is 0.0946. The molecule has 1 heterocycles. The fourth-order valence-electron chi connectivity index (χ4n) is 4.09. The molecule has 4 N–H and O–H groups in total. The van der Waals surface area contributed by atoms with Crippen molar-refractivity contribution in [2.45, 2.75) is 23.5 Å². The Bertz CT molecular complexity index is 1550. The number of hydrogen-bond donors (Lipinski definition) is 4. The molecule has 1 aromatic heterocycles. The molecule has 0 aliphatic heterocycles. The summed E-state index contributed by atoms with van der Waals surface area (Å²) in [6, 6.07) is 18.8. The Hall–Kier alpha value is -3.84. The van der Waals surface area contributed by atoms with Gasteiger partial charge in [-0.15, -0.1) is 4.73 Å². The highest BCUT2D eigenvalue weighted by Gasteiger charge is 2.32. The highest BCUT2D eigenvalue weighted by molar-refractivity contribution is 7.85. The zero-order valence-electron chi connectivity index (χ0n) is 20.5. The van der Waals surface area contributed by atoms with Gasteiger partial charge in [-0.1, -0.05) is 48.5 Å². The summed E-state index contributed by atoms with van der Waals surface area (Å²) in [6.45, 7) is -0.256. The Morgan fingerprint density at radius 1 is 1.00 bits per heavy atom. The minimum absolute atomic E-state index is 0.0779. The number of aromatic hydroxyl groups is 1. The lowest BCUT2D eigenvalue weighted by atomic mass is 10.0. The Labute approximate surface area is 223 Å². The van der Waals surface area contributed by atoms with E-state index >= 15 is 0 Å². The highest BCUT2D eigenvalue weighted by atomic mass is 32.2. The van der Waals surface area contributed by atoms with E-state index in [0.29, 0.717) is 18.7 Å². The van der Waals surface area contributed by atoms with Crippen molar-refractivity contribution in [1.29, 1.82) is 0 Å². The largest absolute Gasteiger partial charge is 0.617 e. The van der Waals surface area contributed by atoms with Gasteiger partial charge in [-0.2, -0.15) is 17.2 Å². The van der Waals surface area contributed by atoms with Gasteiger partial charge in [0.15, 0.2) is 12.4 Å². The molecular formula is C27H26F2N2O7S. The van der Waals surface area contributed by atoms with Gasteiger partial charge < -0.3 is 25.5 Å². The van der Waals surface area contributed by atoms with Gasteiger partial charge in [-0.3, -0.25) is 4.55 Å². The molecule has 9 nitrogen and oxygen atoms in total. The smallest absolute Gasteiger partial charge is 0.356 e. The van der Waals surface area contributed by atoms with Crippen LogP contribution in [0.15, 0.2) is 83.9 Å². The number of aliphatic hydroxyl groups is 1. The van der Waals surface area contributed by atoms with E-state index in [1.54, 1.807) is 42.5 Å². The lowest BCUT2D eigenvalue weighted by molar-refractivity contribution is -0.620. The number of benzene rings is 3. The fourth-order valence-corrected chi connectivity index (χ4v) is 4.63. The molecule has 0 saturated heterocycles. The van der Waals surface area contributed by atoms with Crippen LogP contribution in [0.5, 0.6) is 11.5 Å². The first-order chi connectivity index (χ1) is 18.5. The minimum Gasteiger partial charge on any atom is -0.617 e. The maximum atomic E-state index is 14.3. The average Bonchev–Trinajstić information content (AvgIpc) is 2.90. The second-order valence-electron chi connectivity index (χ2n) is 8.85. The molecule has 0 fully saturated rings. The van der Waals surface area contributed by atoms with Gasteiger partial charge in [0.1, 0.15) is 5.75 Å². The summed E-state index contributed by atoms with van der Waals surface area (Å²) in [7, 11) is -4.82. The van der Waals surface area contributed by atoms with Crippen LogP contribution in [0.3, 0.4) is 0 Å². The van der Waals surface area contributed by atoms with Crippen LogP contribution in [0, 0.1) is 5.21 Å². The second kappa shape index (κ2) is 11.5. The molecule has 12 heteroatoms. The topological polar surface area (TPSA) is 143 Å². The van der Waals surface area contributed by atoms with Gasteiger partial charge >= 0.3 is 21.1 Å². The third kappa shape index (κ3) is 6.60. The summed E-state index contributed by atoms with van der Waals surface area (Å²) >= 11 is 0. The number of phenolic OH excluding ortho intramolecular Hbond substituents is 1. The molecule has 4 aromatic rings. The van der Waals surface area contributed by atoms with Crippen molar-refractivity contribution in [2.24, 2.45) is 0 Å². The monoisotopic (exact) mass is 560 g/mol. The fraction of sp³-hybridized carbons (Fsp3) is 0.222. The maximum absolute atomic E-state index is 14.3. The summed E-state index contributed by atoms with van der Waals surface area (Å²) in [5, 5.41) is 35.5. The molecule has 3 aromatic carbocycles. The number of hydrogen-bond acceptors (Lipinski definition) is 7. The van der Waals surface area contributed by atoms with Crippen molar-refractivity contribution >= 4 is 21.0 Å². The number of nitrogens with zero attached hydrogens (tertiary/aromatic N) is 1. The molecule has 0 bridgehead atoms. The molecule has 0 spiro atoms. The first-order valence-corrected chi connectivity index (χ1v) is 13.3. The zero-order chi connectivity index (χ0) is 28.2. The predicted octanol–water partition coefficient (Wildman–Crippen LogP) is 3.46. The van der Waals surface area contributed by atoms with Crippen LogP contribution in [0.25, 0.3) is 10.9 Å². The van der Waals surface area contributed by atoms with E-state index in [1.807, 2.05) is 0 Å². The van der Waals surface area contributed by atoms with E-state index < -0.39 is 45.0 Å². The van der Waals surface area contributed by atoms with E-state index in [1.165, 1.54) is 24.3 Å². The number of aliphatic hydroxyl groups excluding tert-OH is 1. The van der Waals surface area contributed by atoms with Gasteiger partial charge in [0.2, 0.25) is 0 Å². The third-order valence-electron chi connectivity index (χ3n) is 6.12. The normalized spacial score (nSPS) is 12.9. The maximum Gasteiger partial charge on any atom is 0.356 e. The van der Waals surface area contributed by atoms with Crippen molar-refractivity contribution in [3.8, 4) is 11.5 Å². The third-order valence-corrected chi connectivity index (χ3v) is 6.95. The SMILES string of the molecule is O=S(=O)(O)c1ccc2c([C@@H](O)CNCCc3ccc(OCC(F)(F)c4ccccc4)cc3)ccc(O)c2[n+]1[O-]. The summed E-state index contributed by atoms with van der Waals surface area (Å²) in [5.41, 5.74) is 0.658. The standard InChI is InChI=1S/C27H26F2N2O7S/c28-27(29,19-4-2-1-3-5-19)17-38-20-8-6-18(7-9-20)14-15-30-16-24(33)21-10-12-23(32)26-22(21)11-13-25(31(26)34)39(35,36)37/h1-13,24,30,32-33H,14-17H2,(H,35,36,37)/t24-/m0/s1. The van der Waals surface area contributed by atoms with Crippen LogP contribution in [0.4, 0.5) is 8.78 Å².